The van der Waals surface area contributed by atoms with Crippen molar-refractivity contribution < 1.29 is 9.15 Å². The minimum atomic E-state index is 0.0238. The average molecular weight is 287 g/mol. The van der Waals surface area contributed by atoms with Crippen molar-refractivity contribution >= 4 is 28.5 Å². The average Bonchev–Trinajstić information content (AvgIpc) is 2.81. The van der Waals surface area contributed by atoms with Crippen LogP contribution in [-0.2, 0) is 0 Å². The molecule has 2 aromatic heterocycles. The second-order valence-electron chi connectivity index (χ2n) is 3.85. The number of fused-ring (bicyclic) bond motifs is 1. The molecule has 7 heteroatoms. The maximum absolute atomic E-state index is 9.11. The Labute approximate surface area is 118 Å². The van der Waals surface area contributed by atoms with E-state index in [-0.39, 0.29) is 28.4 Å². The van der Waals surface area contributed by atoms with E-state index in [0.717, 1.165) is 0 Å². The standard InChI is InChI=1S/C13H7ClN4O2/c14-8-6-17-13(16)18-12(8)20-11-7-3-1-2-4-9(7)19-10(11)5-15/h1-4,6H,(H2,16,17,18). The highest BCUT2D eigenvalue weighted by Gasteiger charge is 2.18. The zero-order valence-electron chi connectivity index (χ0n) is 10.0. The van der Waals surface area contributed by atoms with Gasteiger partial charge in [0, 0.05) is 0 Å². The summed E-state index contributed by atoms with van der Waals surface area (Å²) in [6.07, 6.45) is 1.33. The van der Waals surface area contributed by atoms with Crippen LogP contribution in [0.4, 0.5) is 5.95 Å². The summed E-state index contributed by atoms with van der Waals surface area (Å²) in [6.45, 7) is 0. The molecule has 0 saturated carbocycles. The fourth-order valence-corrected chi connectivity index (χ4v) is 1.86. The van der Waals surface area contributed by atoms with Crippen molar-refractivity contribution in [3.63, 3.8) is 0 Å². The van der Waals surface area contributed by atoms with E-state index in [9.17, 15) is 0 Å². The van der Waals surface area contributed by atoms with Gasteiger partial charge in [0.25, 0.3) is 0 Å². The van der Waals surface area contributed by atoms with Crippen LogP contribution < -0.4 is 10.5 Å². The van der Waals surface area contributed by atoms with Gasteiger partial charge < -0.3 is 14.9 Å². The van der Waals surface area contributed by atoms with E-state index in [2.05, 4.69) is 9.97 Å². The summed E-state index contributed by atoms with van der Waals surface area (Å²) in [7, 11) is 0. The first-order chi connectivity index (χ1) is 9.69. The molecule has 0 unspecified atom stereocenters. The highest BCUT2D eigenvalue weighted by molar-refractivity contribution is 6.31. The molecule has 3 aromatic rings. The number of nitriles is 1. The van der Waals surface area contributed by atoms with Gasteiger partial charge in [0.1, 0.15) is 16.7 Å². The Balaban J connectivity index is 2.15. The largest absolute Gasteiger partial charge is 0.442 e. The van der Waals surface area contributed by atoms with Crippen molar-refractivity contribution in [1.82, 2.24) is 9.97 Å². The molecule has 0 aliphatic carbocycles. The highest BCUT2D eigenvalue weighted by atomic mass is 35.5. The molecule has 0 spiro atoms. The first-order valence-corrected chi connectivity index (χ1v) is 5.94. The number of para-hydroxylation sites is 1. The minimum Gasteiger partial charge on any atom is -0.442 e. The molecule has 2 heterocycles. The lowest BCUT2D eigenvalue weighted by molar-refractivity contribution is 0.450. The normalized spacial score (nSPS) is 10.4. The summed E-state index contributed by atoms with van der Waals surface area (Å²) < 4.78 is 11.0. The third kappa shape index (κ3) is 2.00. The predicted molar refractivity (Wildman–Crippen MR) is 72.5 cm³/mol. The summed E-state index contributed by atoms with van der Waals surface area (Å²) in [4.78, 5) is 7.63. The number of hydrogen-bond donors (Lipinski definition) is 1. The molecule has 0 bridgehead atoms. The Morgan fingerprint density at radius 1 is 1.35 bits per heavy atom. The Bertz CT molecular complexity index is 838. The molecule has 0 aliphatic rings. The summed E-state index contributed by atoms with van der Waals surface area (Å²) in [5.74, 6) is 0.389. The van der Waals surface area contributed by atoms with Gasteiger partial charge >= 0.3 is 0 Å². The van der Waals surface area contributed by atoms with E-state index in [1.165, 1.54) is 6.20 Å². The third-order valence-corrected chi connectivity index (χ3v) is 2.84. The molecule has 2 N–H and O–H groups in total. The molecule has 0 fully saturated rings. The van der Waals surface area contributed by atoms with Gasteiger partial charge in [-0.1, -0.05) is 23.7 Å². The van der Waals surface area contributed by atoms with Crippen LogP contribution in [0.15, 0.2) is 34.9 Å². The molecule has 20 heavy (non-hydrogen) atoms. The number of benzene rings is 1. The van der Waals surface area contributed by atoms with Gasteiger partial charge in [-0.15, -0.1) is 0 Å². The van der Waals surface area contributed by atoms with Crippen LogP contribution in [0, 0.1) is 11.3 Å². The van der Waals surface area contributed by atoms with Crippen LogP contribution in [0.3, 0.4) is 0 Å². The lowest BCUT2D eigenvalue weighted by Gasteiger charge is -2.05. The van der Waals surface area contributed by atoms with Crippen molar-refractivity contribution in [2.24, 2.45) is 0 Å². The molecule has 0 saturated heterocycles. The number of nitrogens with two attached hydrogens (primary N) is 1. The summed E-state index contributed by atoms with van der Waals surface area (Å²) >= 11 is 5.94. The number of nitrogen functional groups attached to an aromatic ring is 1. The zero-order valence-corrected chi connectivity index (χ0v) is 10.8. The number of furan rings is 1. The Morgan fingerprint density at radius 3 is 2.95 bits per heavy atom. The molecule has 3 rings (SSSR count). The molecule has 0 aliphatic heterocycles. The first-order valence-electron chi connectivity index (χ1n) is 5.56. The molecular weight excluding hydrogens is 280 g/mol. The molecule has 0 atom stereocenters. The van der Waals surface area contributed by atoms with E-state index in [1.807, 2.05) is 12.1 Å². The number of aromatic nitrogens is 2. The first kappa shape index (κ1) is 12.3. The maximum atomic E-state index is 9.11. The van der Waals surface area contributed by atoms with Crippen molar-refractivity contribution in [2.45, 2.75) is 0 Å². The highest BCUT2D eigenvalue weighted by Crippen LogP contribution is 2.37. The number of nitrogens with zero attached hydrogens (tertiary/aromatic N) is 3. The summed E-state index contributed by atoms with van der Waals surface area (Å²) in [6, 6.07) is 9.04. The Kier molecular flexibility index (Phi) is 2.89. The van der Waals surface area contributed by atoms with Gasteiger partial charge in [-0.05, 0) is 12.1 Å². The van der Waals surface area contributed by atoms with E-state index < -0.39 is 0 Å². The van der Waals surface area contributed by atoms with Crippen LogP contribution in [0.25, 0.3) is 11.0 Å². The van der Waals surface area contributed by atoms with Crippen molar-refractivity contribution in [3.8, 4) is 17.7 Å². The predicted octanol–water partition coefficient (Wildman–Crippen LogP) is 3.12. The van der Waals surface area contributed by atoms with Gasteiger partial charge in [-0.25, -0.2) is 4.98 Å². The van der Waals surface area contributed by atoms with E-state index in [1.54, 1.807) is 18.2 Å². The zero-order chi connectivity index (χ0) is 14.1. The second kappa shape index (κ2) is 4.72. The lowest BCUT2D eigenvalue weighted by atomic mass is 10.2. The van der Waals surface area contributed by atoms with Crippen molar-refractivity contribution in [3.05, 3.63) is 41.2 Å². The van der Waals surface area contributed by atoms with Crippen molar-refractivity contribution in [1.29, 1.82) is 5.26 Å². The van der Waals surface area contributed by atoms with Gasteiger partial charge in [0.05, 0.1) is 11.6 Å². The fourth-order valence-electron chi connectivity index (χ4n) is 1.73. The topological polar surface area (TPSA) is 98.0 Å². The summed E-state index contributed by atoms with van der Waals surface area (Å²) in [5.41, 5.74) is 6.03. The molecule has 0 radical (unpaired) electrons. The Morgan fingerprint density at radius 2 is 2.15 bits per heavy atom. The van der Waals surface area contributed by atoms with Crippen LogP contribution in [-0.4, -0.2) is 9.97 Å². The van der Waals surface area contributed by atoms with Gasteiger partial charge in [-0.2, -0.15) is 10.2 Å². The molecule has 1 aromatic carbocycles. The van der Waals surface area contributed by atoms with Crippen LogP contribution in [0.2, 0.25) is 5.02 Å². The lowest BCUT2D eigenvalue weighted by Crippen LogP contribution is -1.97. The van der Waals surface area contributed by atoms with Gasteiger partial charge in [0.2, 0.25) is 17.6 Å². The van der Waals surface area contributed by atoms with E-state index in [0.29, 0.717) is 11.0 Å². The minimum absolute atomic E-state index is 0.0238. The summed E-state index contributed by atoms with van der Waals surface area (Å²) in [5, 5.41) is 9.95. The van der Waals surface area contributed by atoms with E-state index in [4.69, 9.17) is 31.8 Å². The van der Waals surface area contributed by atoms with Crippen LogP contribution in [0.5, 0.6) is 11.6 Å². The molecule has 6 nitrogen and oxygen atoms in total. The fraction of sp³-hybridized carbons (Fsp3) is 0. The second-order valence-corrected chi connectivity index (χ2v) is 4.26. The SMILES string of the molecule is N#Cc1oc2ccccc2c1Oc1nc(N)ncc1Cl. The van der Waals surface area contributed by atoms with Gasteiger partial charge in [0.15, 0.2) is 5.75 Å². The molecule has 98 valence electrons. The van der Waals surface area contributed by atoms with Crippen LogP contribution >= 0.6 is 11.6 Å². The smallest absolute Gasteiger partial charge is 0.247 e. The quantitative estimate of drug-likeness (QED) is 0.777. The Hall–Kier alpha value is -2.78. The maximum Gasteiger partial charge on any atom is 0.247 e. The number of rotatable bonds is 2. The van der Waals surface area contributed by atoms with Crippen LogP contribution in [0.1, 0.15) is 5.76 Å². The number of halogens is 1. The van der Waals surface area contributed by atoms with Gasteiger partial charge in [-0.3, -0.25) is 0 Å². The number of anilines is 1. The molecule has 0 amide bonds. The molecular formula is C13H7ClN4O2. The third-order valence-electron chi connectivity index (χ3n) is 2.58. The van der Waals surface area contributed by atoms with E-state index >= 15 is 0 Å². The monoisotopic (exact) mass is 286 g/mol. The number of ether oxygens (including phenoxy) is 1. The van der Waals surface area contributed by atoms with Crippen molar-refractivity contribution in [2.75, 3.05) is 5.73 Å². The number of hydrogen-bond acceptors (Lipinski definition) is 6.